The molecule has 0 spiro atoms. The fraction of sp³-hybridized carbons (Fsp3) is 0.875. The Morgan fingerprint density at radius 2 is 1.81 bits per heavy atom. The Labute approximate surface area is 168 Å². The van der Waals surface area contributed by atoms with Crippen LogP contribution < -0.4 is 5.32 Å². The predicted molar refractivity (Wildman–Crippen MR) is 116 cm³/mol. The van der Waals surface area contributed by atoms with Gasteiger partial charge in [-0.1, -0.05) is 71.3 Å². The zero-order chi connectivity index (χ0) is 19.7. The average molecular weight is 377 g/mol. The largest absolute Gasteiger partial charge is 0.331 e. The monoisotopic (exact) mass is 376 g/mol. The van der Waals surface area contributed by atoms with Crippen LogP contribution in [-0.4, -0.2) is 30.1 Å². The number of carbonyl (C=O) groups is 1. The van der Waals surface area contributed by atoms with Crippen LogP contribution in [0.1, 0.15) is 97.3 Å². The number of amides is 1. The molecular formula is C24H44N2O. The maximum atomic E-state index is 12.9. The van der Waals surface area contributed by atoms with Crippen molar-refractivity contribution in [2.75, 3.05) is 13.7 Å². The molecule has 3 heteroatoms. The van der Waals surface area contributed by atoms with Crippen molar-refractivity contribution in [3.8, 4) is 0 Å². The van der Waals surface area contributed by atoms with E-state index in [1.54, 1.807) is 0 Å². The lowest BCUT2D eigenvalue weighted by molar-refractivity contribution is -0.132. The number of allylic oxidation sites excluding steroid dienone is 1. The minimum absolute atomic E-state index is 0.242. The normalized spacial score (nSPS) is 32.1. The van der Waals surface area contributed by atoms with Crippen molar-refractivity contribution in [1.82, 2.24) is 10.2 Å². The van der Waals surface area contributed by atoms with Crippen molar-refractivity contribution in [3.05, 3.63) is 12.7 Å². The molecule has 3 nitrogen and oxygen atoms in total. The maximum Gasteiger partial charge on any atom is 0.243 e. The van der Waals surface area contributed by atoms with Gasteiger partial charge in [-0.25, -0.2) is 0 Å². The fourth-order valence-electron chi connectivity index (χ4n) is 5.40. The van der Waals surface area contributed by atoms with Gasteiger partial charge in [-0.05, 0) is 49.9 Å². The van der Waals surface area contributed by atoms with Gasteiger partial charge in [-0.15, -0.1) is 6.58 Å². The molecule has 156 valence electrons. The molecule has 2 saturated carbocycles. The van der Waals surface area contributed by atoms with Gasteiger partial charge >= 0.3 is 0 Å². The van der Waals surface area contributed by atoms with Crippen molar-refractivity contribution >= 4 is 5.91 Å². The highest BCUT2D eigenvalue weighted by Gasteiger charge is 2.46. The van der Waals surface area contributed by atoms with Gasteiger partial charge in [-0.3, -0.25) is 10.1 Å². The Morgan fingerprint density at radius 3 is 2.37 bits per heavy atom. The number of likely N-dealkylation sites (N-methyl/N-ethyl adjacent to an activating group) is 1. The molecule has 1 aliphatic heterocycles. The zero-order valence-corrected chi connectivity index (χ0v) is 18.3. The molecule has 0 aromatic carbocycles. The summed E-state index contributed by atoms with van der Waals surface area (Å²) in [5.41, 5.74) is -0.242. The highest BCUT2D eigenvalue weighted by Crippen LogP contribution is 2.39. The van der Waals surface area contributed by atoms with Gasteiger partial charge in [0.25, 0.3) is 0 Å². The van der Waals surface area contributed by atoms with E-state index in [-0.39, 0.29) is 5.54 Å². The predicted octanol–water partition coefficient (Wildman–Crippen LogP) is 5.90. The number of nitrogens with one attached hydrogen (secondary N) is 1. The Bertz CT molecular complexity index is 457. The molecule has 3 atom stereocenters. The van der Waals surface area contributed by atoms with Crippen LogP contribution in [0.2, 0.25) is 0 Å². The van der Waals surface area contributed by atoms with Crippen LogP contribution in [0.3, 0.4) is 0 Å². The zero-order valence-electron chi connectivity index (χ0n) is 18.3. The molecule has 2 aliphatic carbocycles. The Hall–Kier alpha value is -0.830. The first-order chi connectivity index (χ1) is 13.0. The number of nitrogens with zero attached hydrogens (tertiary/aromatic N) is 1. The molecule has 27 heavy (non-hydrogen) atoms. The van der Waals surface area contributed by atoms with E-state index in [0.29, 0.717) is 5.91 Å². The van der Waals surface area contributed by atoms with Gasteiger partial charge in [0.15, 0.2) is 0 Å². The summed E-state index contributed by atoms with van der Waals surface area (Å²) in [6.07, 6.45) is 18.7. The molecule has 1 N–H and O–H groups in total. The van der Waals surface area contributed by atoms with E-state index in [9.17, 15) is 4.79 Å². The molecule has 3 aliphatic rings. The lowest BCUT2D eigenvalue weighted by Gasteiger charge is -2.36. The van der Waals surface area contributed by atoms with Crippen LogP contribution in [0.15, 0.2) is 12.7 Å². The molecular weight excluding hydrogens is 332 g/mol. The number of hydrogen-bond acceptors (Lipinski definition) is 2. The van der Waals surface area contributed by atoms with E-state index in [1.165, 1.54) is 64.2 Å². The molecule has 1 amide bonds. The fourth-order valence-corrected chi connectivity index (χ4v) is 5.40. The molecule has 1 heterocycles. The molecule has 3 rings (SSSR count). The van der Waals surface area contributed by atoms with Gasteiger partial charge in [0.05, 0.1) is 12.2 Å². The van der Waals surface area contributed by atoms with Crippen molar-refractivity contribution in [2.45, 2.75) is 103 Å². The van der Waals surface area contributed by atoms with E-state index in [2.05, 4.69) is 25.7 Å². The van der Waals surface area contributed by atoms with Gasteiger partial charge in [0.1, 0.15) is 0 Å². The lowest BCUT2D eigenvalue weighted by Crippen LogP contribution is -2.48. The summed E-state index contributed by atoms with van der Waals surface area (Å²) in [7, 11) is 1.96. The molecule has 3 fully saturated rings. The number of rotatable bonds is 6. The van der Waals surface area contributed by atoms with E-state index < -0.39 is 0 Å². The molecule has 1 saturated heterocycles. The minimum Gasteiger partial charge on any atom is -0.331 e. The first-order valence-corrected chi connectivity index (χ1v) is 11.6. The van der Waals surface area contributed by atoms with Gasteiger partial charge in [-0.2, -0.15) is 0 Å². The third-order valence-corrected chi connectivity index (χ3v) is 7.09. The summed E-state index contributed by atoms with van der Waals surface area (Å²) in [4.78, 5) is 14.8. The van der Waals surface area contributed by atoms with Crippen LogP contribution in [0.5, 0.6) is 0 Å². The highest BCUT2D eigenvalue weighted by atomic mass is 16.2. The highest BCUT2D eigenvalue weighted by molar-refractivity contribution is 5.88. The third-order valence-electron chi connectivity index (χ3n) is 7.09. The minimum atomic E-state index is -0.242. The van der Waals surface area contributed by atoms with Crippen molar-refractivity contribution in [1.29, 1.82) is 0 Å². The molecule has 0 radical (unpaired) electrons. The summed E-state index contributed by atoms with van der Waals surface area (Å²) in [6.45, 7) is 8.67. The SMILES string of the molecule is C=CCC.CC1CCC[C@H](C[C@@]2(CCC3CCCCC3)NCN(C)C2=O)C1. The summed E-state index contributed by atoms with van der Waals surface area (Å²) < 4.78 is 0. The van der Waals surface area contributed by atoms with E-state index in [0.717, 1.165) is 43.7 Å². The molecule has 0 aromatic heterocycles. The first kappa shape index (κ1) is 22.5. The van der Waals surface area contributed by atoms with Gasteiger partial charge in [0.2, 0.25) is 5.91 Å². The van der Waals surface area contributed by atoms with Crippen LogP contribution in [-0.2, 0) is 4.79 Å². The van der Waals surface area contributed by atoms with Crippen molar-refractivity contribution < 1.29 is 4.79 Å². The van der Waals surface area contributed by atoms with Crippen molar-refractivity contribution in [3.63, 3.8) is 0 Å². The van der Waals surface area contributed by atoms with Crippen LogP contribution in [0, 0.1) is 17.8 Å². The first-order valence-electron chi connectivity index (χ1n) is 11.6. The van der Waals surface area contributed by atoms with E-state index >= 15 is 0 Å². The number of hydrogen-bond donors (Lipinski definition) is 1. The summed E-state index contributed by atoms with van der Waals surface area (Å²) in [5, 5.41) is 3.65. The standard InChI is InChI=1S/C20H36N2O.C4H8/c1-16-7-6-10-18(13-16)14-20(19(23)22(2)15-21-20)12-11-17-8-4-3-5-9-17;1-3-4-2/h16-18,21H,3-15H2,1-2H3;3H,1,4H2,2H3/t16?,18-,20+;/m0./s1. The Kier molecular flexibility index (Phi) is 9.35. The van der Waals surface area contributed by atoms with Crippen LogP contribution in [0.4, 0.5) is 0 Å². The van der Waals surface area contributed by atoms with Crippen LogP contribution in [0.25, 0.3) is 0 Å². The second-order valence-electron chi connectivity index (χ2n) is 9.50. The summed E-state index contributed by atoms with van der Waals surface area (Å²) in [6, 6.07) is 0. The van der Waals surface area contributed by atoms with Gasteiger partial charge in [0, 0.05) is 7.05 Å². The second-order valence-corrected chi connectivity index (χ2v) is 9.50. The maximum absolute atomic E-state index is 12.9. The second kappa shape index (κ2) is 11.2. The lowest BCUT2D eigenvalue weighted by atomic mass is 9.73. The van der Waals surface area contributed by atoms with Crippen LogP contribution >= 0.6 is 0 Å². The molecule has 1 unspecified atom stereocenters. The molecule has 0 bridgehead atoms. The third kappa shape index (κ3) is 6.62. The smallest absolute Gasteiger partial charge is 0.243 e. The molecule has 0 aromatic rings. The van der Waals surface area contributed by atoms with Gasteiger partial charge < -0.3 is 4.90 Å². The summed E-state index contributed by atoms with van der Waals surface area (Å²) >= 11 is 0. The average Bonchev–Trinajstić information content (AvgIpc) is 2.96. The topological polar surface area (TPSA) is 32.3 Å². The Balaban J connectivity index is 0.000000596. The van der Waals surface area contributed by atoms with Crippen molar-refractivity contribution in [2.24, 2.45) is 17.8 Å². The number of carbonyl (C=O) groups excluding carboxylic acids is 1. The van der Waals surface area contributed by atoms with E-state index in [4.69, 9.17) is 0 Å². The quantitative estimate of drug-likeness (QED) is 0.585. The summed E-state index contributed by atoms with van der Waals surface area (Å²) in [5.74, 6) is 2.82. The van der Waals surface area contributed by atoms with E-state index in [1.807, 2.05) is 18.0 Å². The Morgan fingerprint density at radius 1 is 1.15 bits per heavy atom.